The second kappa shape index (κ2) is 7.09. The first-order valence-corrected chi connectivity index (χ1v) is 8.03. The molecule has 0 radical (unpaired) electrons. The molecule has 0 unspecified atom stereocenters. The van der Waals surface area contributed by atoms with Crippen molar-refractivity contribution < 1.29 is 9.21 Å². The number of rotatable bonds is 4. The third kappa shape index (κ3) is 3.33. The lowest BCUT2D eigenvalue weighted by molar-refractivity contribution is 0.262. The Morgan fingerprint density at radius 1 is 1.00 bits per heavy atom. The van der Waals surface area contributed by atoms with Crippen molar-refractivity contribution in [3.8, 4) is 0 Å². The zero-order chi connectivity index (χ0) is 17.8. The van der Waals surface area contributed by atoms with E-state index in [1.54, 1.807) is 19.2 Å². The van der Waals surface area contributed by atoms with E-state index in [-0.39, 0.29) is 5.69 Å². The highest BCUT2D eigenvalue weighted by molar-refractivity contribution is 6.05. The highest BCUT2D eigenvalue weighted by Crippen LogP contribution is 2.28. The fraction of sp³-hybridized carbons (Fsp3) is 0.158. The van der Waals surface area contributed by atoms with Crippen molar-refractivity contribution in [1.29, 1.82) is 0 Å². The molecule has 0 aliphatic rings. The number of carbonyl (C=O) groups is 1. The van der Waals surface area contributed by atoms with E-state index in [0.717, 1.165) is 12.0 Å². The summed E-state index contributed by atoms with van der Waals surface area (Å²) in [5, 5.41) is 9.07. The van der Waals surface area contributed by atoms with Crippen LogP contribution in [-0.2, 0) is 6.42 Å². The summed E-state index contributed by atoms with van der Waals surface area (Å²) in [4.78, 5) is 24.7. The maximum Gasteiger partial charge on any atom is 0.362 e. The van der Waals surface area contributed by atoms with Crippen molar-refractivity contribution in [2.75, 3.05) is 23.0 Å². The Hall–Kier alpha value is -3.28. The van der Waals surface area contributed by atoms with Crippen LogP contribution in [0.5, 0.6) is 0 Å². The van der Waals surface area contributed by atoms with Gasteiger partial charge in [0.15, 0.2) is 5.69 Å². The summed E-state index contributed by atoms with van der Waals surface area (Å²) in [5.41, 5.74) is 2.16. The molecule has 2 aromatic carbocycles. The van der Waals surface area contributed by atoms with Gasteiger partial charge in [0.2, 0.25) is 0 Å². The molecule has 0 fully saturated rings. The van der Waals surface area contributed by atoms with E-state index in [2.05, 4.69) is 16.0 Å². The van der Waals surface area contributed by atoms with Gasteiger partial charge >= 0.3 is 11.7 Å². The van der Waals surface area contributed by atoms with Gasteiger partial charge in [-0.1, -0.05) is 37.3 Å². The molecule has 0 aliphatic carbocycles. The van der Waals surface area contributed by atoms with Gasteiger partial charge < -0.3 is 15.1 Å². The molecule has 0 saturated heterocycles. The molecular weight excluding hydrogens is 318 g/mol. The monoisotopic (exact) mass is 337 g/mol. The molecule has 3 rings (SSSR count). The van der Waals surface area contributed by atoms with Crippen LogP contribution in [0.2, 0.25) is 0 Å². The number of nitrogens with one attached hydrogen (secondary N) is 3. The molecule has 2 amide bonds. The van der Waals surface area contributed by atoms with Crippen LogP contribution in [0.15, 0.2) is 57.7 Å². The SMILES string of the molecule is CCc1ccccc1NC(=O)Nc1c(NC)c2ccccc2oc1=O. The maximum absolute atomic E-state index is 12.4. The first kappa shape index (κ1) is 16.6. The number of fused-ring (bicyclic) bond motifs is 1. The van der Waals surface area contributed by atoms with Crippen molar-refractivity contribution in [2.45, 2.75) is 13.3 Å². The summed E-state index contributed by atoms with van der Waals surface area (Å²) in [6, 6.07) is 14.2. The summed E-state index contributed by atoms with van der Waals surface area (Å²) in [6.45, 7) is 2.01. The molecule has 0 atom stereocenters. The second-order valence-corrected chi connectivity index (χ2v) is 5.48. The van der Waals surface area contributed by atoms with Crippen molar-refractivity contribution in [3.05, 3.63) is 64.5 Å². The van der Waals surface area contributed by atoms with Gasteiger partial charge in [-0.25, -0.2) is 9.59 Å². The Bertz CT molecular complexity index is 979. The predicted octanol–water partition coefficient (Wildman–Crippen LogP) is 4.04. The van der Waals surface area contributed by atoms with E-state index >= 15 is 0 Å². The summed E-state index contributed by atoms with van der Waals surface area (Å²) < 4.78 is 5.29. The molecule has 1 heterocycles. The quantitative estimate of drug-likeness (QED) is 0.627. The minimum absolute atomic E-state index is 0.0766. The third-order valence-electron chi connectivity index (χ3n) is 3.95. The topological polar surface area (TPSA) is 83.4 Å². The Kier molecular flexibility index (Phi) is 4.70. The van der Waals surface area contributed by atoms with Gasteiger partial charge in [0.25, 0.3) is 0 Å². The summed E-state index contributed by atoms with van der Waals surface area (Å²) in [6.07, 6.45) is 0.788. The van der Waals surface area contributed by atoms with Gasteiger partial charge in [-0.15, -0.1) is 0 Å². The van der Waals surface area contributed by atoms with E-state index in [4.69, 9.17) is 4.42 Å². The Morgan fingerprint density at radius 3 is 2.48 bits per heavy atom. The van der Waals surface area contributed by atoms with Crippen LogP contribution in [-0.4, -0.2) is 13.1 Å². The normalized spacial score (nSPS) is 10.5. The molecule has 0 spiro atoms. The van der Waals surface area contributed by atoms with E-state index in [0.29, 0.717) is 22.3 Å². The molecule has 3 N–H and O–H groups in total. The Balaban J connectivity index is 1.93. The van der Waals surface area contributed by atoms with Crippen molar-refractivity contribution in [3.63, 3.8) is 0 Å². The number of aryl methyl sites for hydroxylation is 1. The van der Waals surface area contributed by atoms with Crippen LogP contribution < -0.4 is 21.6 Å². The van der Waals surface area contributed by atoms with E-state index < -0.39 is 11.7 Å². The minimum Gasteiger partial charge on any atom is -0.421 e. The minimum atomic E-state index is -0.609. The predicted molar refractivity (Wildman–Crippen MR) is 100 cm³/mol. The number of carbonyl (C=O) groups excluding carboxylic acids is 1. The van der Waals surface area contributed by atoms with Gasteiger partial charge in [0, 0.05) is 18.1 Å². The number of amides is 2. The lowest BCUT2D eigenvalue weighted by atomic mass is 10.1. The smallest absolute Gasteiger partial charge is 0.362 e. The van der Waals surface area contributed by atoms with Gasteiger partial charge in [-0.2, -0.15) is 0 Å². The van der Waals surface area contributed by atoms with Crippen molar-refractivity contribution >= 4 is 34.1 Å². The molecule has 6 heteroatoms. The lowest BCUT2D eigenvalue weighted by Crippen LogP contribution is -2.24. The fourth-order valence-corrected chi connectivity index (χ4v) is 2.74. The number of hydrogen-bond donors (Lipinski definition) is 3. The van der Waals surface area contributed by atoms with E-state index in [1.807, 2.05) is 43.3 Å². The van der Waals surface area contributed by atoms with E-state index in [9.17, 15) is 9.59 Å². The average Bonchev–Trinajstić information content (AvgIpc) is 2.62. The van der Waals surface area contributed by atoms with Crippen molar-refractivity contribution in [1.82, 2.24) is 0 Å². The molecule has 25 heavy (non-hydrogen) atoms. The van der Waals surface area contributed by atoms with Crippen LogP contribution >= 0.6 is 0 Å². The van der Waals surface area contributed by atoms with Gasteiger partial charge in [-0.05, 0) is 30.2 Å². The molecule has 0 saturated carbocycles. The maximum atomic E-state index is 12.4. The lowest BCUT2D eigenvalue weighted by Gasteiger charge is -2.13. The van der Waals surface area contributed by atoms with Crippen molar-refractivity contribution in [2.24, 2.45) is 0 Å². The summed E-state index contributed by atoms with van der Waals surface area (Å²) in [7, 11) is 1.69. The average molecular weight is 337 g/mol. The highest BCUT2D eigenvalue weighted by Gasteiger charge is 2.16. The highest BCUT2D eigenvalue weighted by atomic mass is 16.4. The first-order chi connectivity index (χ1) is 12.1. The van der Waals surface area contributed by atoms with E-state index in [1.165, 1.54) is 0 Å². The Morgan fingerprint density at radius 2 is 1.72 bits per heavy atom. The molecule has 1 aromatic heterocycles. The number of benzene rings is 2. The first-order valence-electron chi connectivity index (χ1n) is 8.03. The van der Waals surface area contributed by atoms with Crippen LogP contribution in [0.3, 0.4) is 0 Å². The fourth-order valence-electron chi connectivity index (χ4n) is 2.74. The number of urea groups is 1. The largest absolute Gasteiger partial charge is 0.421 e. The molecule has 128 valence electrons. The number of para-hydroxylation sites is 2. The van der Waals surface area contributed by atoms with Crippen LogP contribution in [0, 0.1) is 0 Å². The molecule has 6 nitrogen and oxygen atoms in total. The van der Waals surface area contributed by atoms with Gasteiger partial charge in [0.1, 0.15) is 5.58 Å². The molecule has 3 aromatic rings. The second-order valence-electron chi connectivity index (χ2n) is 5.48. The standard InChI is InChI=1S/C19H19N3O3/c1-3-12-8-4-6-10-14(12)21-19(24)22-17-16(20-2)13-9-5-7-11-15(13)25-18(17)23/h4-11,20H,3H2,1-2H3,(H2,21,22,24). The summed E-state index contributed by atoms with van der Waals surface area (Å²) >= 11 is 0. The zero-order valence-corrected chi connectivity index (χ0v) is 14.1. The van der Waals surface area contributed by atoms with Gasteiger partial charge in [0.05, 0.1) is 5.69 Å². The number of anilines is 3. The zero-order valence-electron chi connectivity index (χ0n) is 14.1. The third-order valence-corrected chi connectivity index (χ3v) is 3.95. The molecule has 0 bridgehead atoms. The van der Waals surface area contributed by atoms with Crippen LogP contribution in [0.25, 0.3) is 11.0 Å². The molecular formula is C19H19N3O3. The molecule has 0 aliphatic heterocycles. The van der Waals surface area contributed by atoms with Crippen LogP contribution in [0.4, 0.5) is 21.9 Å². The van der Waals surface area contributed by atoms with Crippen LogP contribution in [0.1, 0.15) is 12.5 Å². The van der Waals surface area contributed by atoms with Gasteiger partial charge in [-0.3, -0.25) is 5.32 Å². The summed E-state index contributed by atoms with van der Waals surface area (Å²) in [5.74, 6) is 0. The number of hydrogen-bond acceptors (Lipinski definition) is 4. The Labute approximate surface area is 144 Å².